The molecule has 22 heavy (non-hydrogen) atoms. The quantitative estimate of drug-likeness (QED) is 0.745. The monoisotopic (exact) mass is 308 g/mol. The molecule has 0 fully saturated rings. The summed E-state index contributed by atoms with van der Waals surface area (Å²) in [6.45, 7) is 0. The summed E-state index contributed by atoms with van der Waals surface area (Å²) in [5.41, 5.74) is 2.01. The van der Waals surface area contributed by atoms with Crippen molar-refractivity contribution in [2.45, 2.75) is 0 Å². The van der Waals surface area contributed by atoms with Crippen LogP contribution >= 0.6 is 8.15 Å². The molecule has 0 aliphatic carbocycles. The minimum atomic E-state index is -1.39. The zero-order chi connectivity index (χ0) is 15.4. The van der Waals surface area contributed by atoms with Gasteiger partial charge < -0.3 is 9.63 Å². The fraction of sp³-hybridized carbons (Fsp3) is 0.0526. The molecule has 0 bridgehead atoms. The summed E-state index contributed by atoms with van der Waals surface area (Å²) in [4.78, 5) is 10.8. The highest BCUT2D eigenvalue weighted by Gasteiger charge is 2.17. The molecule has 1 N–H and O–H groups in total. The van der Waals surface area contributed by atoms with Crippen LogP contribution in [0.5, 0.6) is 5.75 Å². The van der Waals surface area contributed by atoms with Gasteiger partial charge in [0.05, 0.1) is 15.3 Å². The molecule has 1 unspecified atom stereocenters. The van der Waals surface area contributed by atoms with Gasteiger partial charge in [0.25, 0.3) is 0 Å². The Bertz CT molecular complexity index is 756. The summed E-state index contributed by atoms with van der Waals surface area (Å²) >= 11 is 0. The van der Waals surface area contributed by atoms with Crippen LogP contribution in [0.4, 0.5) is 0 Å². The molecule has 110 valence electrons. The second-order valence-corrected chi connectivity index (χ2v) is 6.49. The SMILES string of the molecule is COc1ccccc1-c1ccccc1P(O)c1ccccc1. The van der Waals surface area contributed by atoms with E-state index < -0.39 is 8.15 Å². The highest BCUT2D eigenvalue weighted by molar-refractivity contribution is 7.67. The average molecular weight is 308 g/mol. The van der Waals surface area contributed by atoms with Gasteiger partial charge in [-0.05, 0) is 11.6 Å². The number of methoxy groups -OCH3 is 1. The lowest BCUT2D eigenvalue weighted by atomic mass is 10.0. The van der Waals surface area contributed by atoms with E-state index in [1.807, 2.05) is 78.9 Å². The summed E-state index contributed by atoms with van der Waals surface area (Å²) < 4.78 is 5.47. The van der Waals surface area contributed by atoms with E-state index >= 15 is 0 Å². The van der Waals surface area contributed by atoms with Crippen molar-refractivity contribution in [2.24, 2.45) is 0 Å². The number of para-hydroxylation sites is 1. The minimum Gasteiger partial charge on any atom is -0.496 e. The maximum atomic E-state index is 10.8. The third-order valence-electron chi connectivity index (χ3n) is 3.53. The van der Waals surface area contributed by atoms with E-state index in [9.17, 15) is 4.89 Å². The first-order valence-electron chi connectivity index (χ1n) is 7.07. The standard InChI is InChI=1S/C19H17O2P/c1-21-18-13-7-5-11-16(18)17-12-6-8-14-19(17)22(20)15-9-3-2-4-10-15/h2-14,20H,1H3. The van der Waals surface area contributed by atoms with E-state index in [-0.39, 0.29) is 0 Å². The van der Waals surface area contributed by atoms with Crippen LogP contribution in [0.3, 0.4) is 0 Å². The van der Waals surface area contributed by atoms with Crippen LogP contribution in [-0.2, 0) is 0 Å². The third-order valence-corrected chi connectivity index (χ3v) is 5.16. The second kappa shape index (κ2) is 6.74. The molecular formula is C19H17O2P. The minimum absolute atomic E-state index is 0.811. The lowest BCUT2D eigenvalue weighted by molar-refractivity contribution is 0.416. The third kappa shape index (κ3) is 2.89. The van der Waals surface area contributed by atoms with Crippen LogP contribution in [0.15, 0.2) is 78.9 Å². The second-order valence-electron chi connectivity index (χ2n) is 4.86. The predicted octanol–water partition coefficient (Wildman–Crippen LogP) is 3.70. The van der Waals surface area contributed by atoms with Gasteiger partial charge in [-0.25, -0.2) is 0 Å². The molecule has 0 aliphatic heterocycles. The summed E-state index contributed by atoms with van der Waals surface area (Å²) in [6, 6.07) is 25.6. The lowest BCUT2D eigenvalue weighted by Crippen LogP contribution is -2.13. The molecule has 3 aromatic carbocycles. The largest absolute Gasteiger partial charge is 0.496 e. The van der Waals surface area contributed by atoms with Crippen LogP contribution in [0, 0.1) is 0 Å². The summed E-state index contributed by atoms with van der Waals surface area (Å²) in [5, 5.41) is 1.88. The Balaban J connectivity index is 2.11. The van der Waals surface area contributed by atoms with Crippen molar-refractivity contribution in [1.29, 1.82) is 0 Å². The maximum Gasteiger partial charge on any atom is 0.126 e. The van der Waals surface area contributed by atoms with Crippen molar-refractivity contribution in [3.63, 3.8) is 0 Å². The maximum absolute atomic E-state index is 10.8. The van der Waals surface area contributed by atoms with Crippen molar-refractivity contribution in [2.75, 3.05) is 7.11 Å². The van der Waals surface area contributed by atoms with Gasteiger partial charge in [0, 0.05) is 16.2 Å². The first-order valence-corrected chi connectivity index (χ1v) is 8.37. The Morgan fingerprint density at radius 3 is 2.05 bits per heavy atom. The van der Waals surface area contributed by atoms with Crippen molar-refractivity contribution >= 4 is 18.8 Å². The van der Waals surface area contributed by atoms with Crippen LogP contribution < -0.4 is 15.3 Å². The smallest absolute Gasteiger partial charge is 0.126 e. The van der Waals surface area contributed by atoms with Gasteiger partial charge in [0.2, 0.25) is 0 Å². The zero-order valence-corrected chi connectivity index (χ0v) is 13.2. The van der Waals surface area contributed by atoms with Crippen LogP contribution in [-0.4, -0.2) is 12.0 Å². The van der Waals surface area contributed by atoms with Gasteiger partial charge in [0.1, 0.15) is 5.75 Å². The van der Waals surface area contributed by atoms with Gasteiger partial charge in [-0.1, -0.05) is 72.8 Å². The van der Waals surface area contributed by atoms with Crippen molar-refractivity contribution < 1.29 is 9.63 Å². The van der Waals surface area contributed by atoms with Gasteiger partial charge in [-0.2, -0.15) is 0 Å². The van der Waals surface area contributed by atoms with E-state index in [0.29, 0.717) is 0 Å². The molecule has 0 saturated carbocycles. The fourth-order valence-corrected chi connectivity index (χ4v) is 3.84. The van der Waals surface area contributed by atoms with E-state index in [2.05, 4.69) is 0 Å². The Morgan fingerprint density at radius 2 is 1.32 bits per heavy atom. The Labute approximate surface area is 131 Å². The molecular weight excluding hydrogens is 291 g/mol. The Morgan fingerprint density at radius 1 is 0.727 bits per heavy atom. The summed E-state index contributed by atoms with van der Waals surface area (Å²) in [6.07, 6.45) is 0. The van der Waals surface area contributed by atoms with Crippen molar-refractivity contribution in [1.82, 2.24) is 0 Å². The molecule has 0 saturated heterocycles. The predicted molar refractivity (Wildman–Crippen MR) is 93.3 cm³/mol. The van der Waals surface area contributed by atoms with E-state index in [4.69, 9.17) is 4.74 Å². The molecule has 3 rings (SSSR count). The number of hydrogen-bond donors (Lipinski definition) is 1. The summed E-state index contributed by atoms with van der Waals surface area (Å²) in [7, 11) is 0.279. The lowest BCUT2D eigenvalue weighted by Gasteiger charge is -2.17. The molecule has 1 atom stereocenters. The highest BCUT2D eigenvalue weighted by atomic mass is 31.1. The molecule has 3 aromatic rings. The Hall–Kier alpha value is -2.15. The van der Waals surface area contributed by atoms with Gasteiger partial charge in [-0.15, -0.1) is 0 Å². The molecule has 0 heterocycles. The van der Waals surface area contributed by atoms with E-state index in [1.54, 1.807) is 7.11 Å². The van der Waals surface area contributed by atoms with Crippen LogP contribution in [0.25, 0.3) is 11.1 Å². The number of benzene rings is 3. The first kappa shape index (κ1) is 14.8. The molecule has 0 aromatic heterocycles. The van der Waals surface area contributed by atoms with Crippen LogP contribution in [0.1, 0.15) is 0 Å². The molecule has 0 radical (unpaired) electrons. The van der Waals surface area contributed by atoms with Crippen LogP contribution in [0.2, 0.25) is 0 Å². The fourth-order valence-electron chi connectivity index (χ4n) is 2.46. The molecule has 2 nitrogen and oxygen atoms in total. The molecule has 0 aliphatic rings. The number of rotatable bonds is 4. The zero-order valence-electron chi connectivity index (χ0n) is 12.3. The van der Waals surface area contributed by atoms with Crippen molar-refractivity contribution in [3.05, 3.63) is 78.9 Å². The highest BCUT2D eigenvalue weighted by Crippen LogP contribution is 2.36. The van der Waals surface area contributed by atoms with Gasteiger partial charge >= 0.3 is 0 Å². The molecule has 0 spiro atoms. The van der Waals surface area contributed by atoms with Crippen molar-refractivity contribution in [3.8, 4) is 16.9 Å². The topological polar surface area (TPSA) is 29.5 Å². The first-order chi connectivity index (χ1) is 10.8. The Kier molecular flexibility index (Phi) is 4.53. The van der Waals surface area contributed by atoms with E-state index in [0.717, 1.165) is 27.5 Å². The molecule has 3 heteroatoms. The van der Waals surface area contributed by atoms with E-state index in [1.165, 1.54) is 0 Å². The summed E-state index contributed by atoms with van der Waals surface area (Å²) in [5.74, 6) is 0.811. The van der Waals surface area contributed by atoms with Gasteiger partial charge in [0.15, 0.2) is 0 Å². The molecule has 0 amide bonds. The van der Waals surface area contributed by atoms with Gasteiger partial charge in [-0.3, -0.25) is 0 Å². The number of ether oxygens (including phenoxy) is 1. The average Bonchev–Trinajstić information content (AvgIpc) is 2.62. The normalized spacial score (nSPS) is 11.9. The number of hydrogen-bond acceptors (Lipinski definition) is 2.